The second kappa shape index (κ2) is 11.2. The zero-order valence-corrected chi connectivity index (χ0v) is 21.1. The number of thioether (sulfide) groups is 1. The predicted octanol–water partition coefficient (Wildman–Crippen LogP) is 4.55. The molecule has 0 saturated carbocycles. The molecule has 0 bridgehead atoms. The average molecular weight is 497 g/mol. The molecule has 2 aromatic heterocycles. The number of fused-ring (bicyclic) bond motifs is 1. The van der Waals surface area contributed by atoms with E-state index in [0.29, 0.717) is 30.2 Å². The molecule has 178 valence electrons. The number of hydrogen-bond acceptors (Lipinski definition) is 7. The SMILES string of the molecule is CCc1c(C)sc2nc(SCC(=O)N(CCC#N)c3ccccc3)n(CC3CCCO3)c(=O)c12. The summed E-state index contributed by atoms with van der Waals surface area (Å²) < 4.78 is 7.50. The number of nitrogens with zero attached hydrogens (tertiary/aromatic N) is 4. The number of amides is 1. The van der Waals surface area contributed by atoms with Gasteiger partial charge in [0.05, 0.1) is 36.3 Å². The molecule has 1 atom stereocenters. The van der Waals surface area contributed by atoms with Crippen LogP contribution in [0.25, 0.3) is 10.2 Å². The van der Waals surface area contributed by atoms with Crippen LogP contribution in [0.4, 0.5) is 5.69 Å². The standard InChI is InChI=1S/C25H28N4O3S2/c1-3-20-17(2)34-23-22(20)24(31)29(15-19-11-7-14-32-19)25(27-23)33-16-21(30)28(13-8-12-26)18-9-5-4-6-10-18/h4-6,9-10,19H,3,7-8,11,13-16H2,1-2H3. The van der Waals surface area contributed by atoms with Gasteiger partial charge in [0, 0.05) is 23.7 Å². The number of ether oxygens (including phenoxy) is 1. The van der Waals surface area contributed by atoms with Crippen LogP contribution in [0.5, 0.6) is 0 Å². The number of hydrogen-bond donors (Lipinski definition) is 0. The Balaban J connectivity index is 1.65. The summed E-state index contributed by atoms with van der Waals surface area (Å²) in [4.78, 5) is 35.1. The van der Waals surface area contributed by atoms with E-state index >= 15 is 0 Å². The Kier molecular flexibility index (Phi) is 8.03. The van der Waals surface area contributed by atoms with Crippen molar-refractivity contribution in [2.75, 3.05) is 23.8 Å². The first kappa shape index (κ1) is 24.5. The monoisotopic (exact) mass is 496 g/mol. The largest absolute Gasteiger partial charge is 0.376 e. The van der Waals surface area contributed by atoms with Crippen molar-refractivity contribution < 1.29 is 9.53 Å². The molecule has 0 N–H and O–H groups in total. The van der Waals surface area contributed by atoms with Gasteiger partial charge in [0.25, 0.3) is 5.56 Å². The highest BCUT2D eigenvalue weighted by Gasteiger charge is 2.24. The molecule has 3 aromatic rings. The first-order valence-corrected chi connectivity index (χ1v) is 13.3. The zero-order chi connectivity index (χ0) is 24.1. The lowest BCUT2D eigenvalue weighted by Gasteiger charge is -2.22. The van der Waals surface area contributed by atoms with E-state index in [-0.39, 0.29) is 29.7 Å². The maximum absolute atomic E-state index is 13.6. The number of carbonyl (C=O) groups excluding carboxylic acids is 1. The van der Waals surface area contributed by atoms with Gasteiger partial charge in [-0.25, -0.2) is 4.98 Å². The highest BCUT2D eigenvalue weighted by atomic mass is 32.2. The Morgan fingerprint density at radius 2 is 2.18 bits per heavy atom. The number of rotatable bonds is 9. The van der Waals surface area contributed by atoms with Gasteiger partial charge in [-0.1, -0.05) is 36.9 Å². The second-order valence-corrected chi connectivity index (χ2v) is 10.3. The van der Waals surface area contributed by atoms with E-state index in [0.717, 1.165) is 40.2 Å². The van der Waals surface area contributed by atoms with Crippen molar-refractivity contribution in [3.63, 3.8) is 0 Å². The third-order valence-electron chi connectivity index (χ3n) is 5.98. The minimum Gasteiger partial charge on any atom is -0.376 e. The Labute approximate surface area is 207 Å². The fraction of sp³-hybridized carbons (Fsp3) is 0.440. The molecule has 1 saturated heterocycles. The predicted molar refractivity (Wildman–Crippen MR) is 137 cm³/mol. The van der Waals surface area contributed by atoms with Gasteiger partial charge >= 0.3 is 0 Å². The Bertz CT molecular complexity index is 1260. The number of nitriles is 1. The van der Waals surface area contributed by atoms with Crippen LogP contribution in [0.15, 0.2) is 40.3 Å². The van der Waals surface area contributed by atoms with Crippen LogP contribution in [0.3, 0.4) is 0 Å². The lowest BCUT2D eigenvalue weighted by Crippen LogP contribution is -2.34. The lowest BCUT2D eigenvalue weighted by atomic mass is 10.1. The van der Waals surface area contributed by atoms with E-state index < -0.39 is 0 Å². The molecule has 7 nitrogen and oxygen atoms in total. The molecule has 1 unspecified atom stereocenters. The van der Waals surface area contributed by atoms with Crippen LogP contribution in [0.1, 0.15) is 36.6 Å². The second-order valence-electron chi connectivity index (χ2n) is 8.19. The molecule has 3 heterocycles. The molecule has 34 heavy (non-hydrogen) atoms. The summed E-state index contributed by atoms with van der Waals surface area (Å²) in [5, 5.41) is 10.3. The Morgan fingerprint density at radius 3 is 2.85 bits per heavy atom. The maximum Gasteiger partial charge on any atom is 0.263 e. The summed E-state index contributed by atoms with van der Waals surface area (Å²) in [6.45, 7) is 5.54. The van der Waals surface area contributed by atoms with Gasteiger partial charge in [0.1, 0.15) is 4.83 Å². The first-order valence-electron chi connectivity index (χ1n) is 11.5. The van der Waals surface area contributed by atoms with Crippen LogP contribution < -0.4 is 10.5 Å². The number of para-hydroxylation sites is 1. The van der Waals surface area contributed by atoms with Crippen LogP contribution in [-0.4, -0.2) is 40.5 Å². The van der Waals surface area contributed by atoms with Crippen LogP contribution >= 0.6 is 23.1 Å². The molecule has 1 amide bonds. The molecule has 1 aromatic carbocycles. The van der Waals surface area contributed by atoms with Gasteiger partial charge in [-0.15, -0.1) is 11.3 Å². The lowest BCUT2D eigenvalue weighted by molar-refractivity contribution is -0.116. The summed E-state index contributed by atoms with van der Waals surface area (Å²) in [6.07, 6.45) is 2.89. The highest BCUT2D eigenvalue weighted by molar-refractivity contribution is 7.99. The van der Waals surface area contributed by atoms with Crippen molar-refractivity contribution in [2.24, 2.45) is 0 Å². The number of aromatic nitrogens is 2. The van der Waals surface area contributed by atoms with Gasteiger partial charge in [0.15, 0.2) is 5.16 Å². The molecular formula is C25H28N4O3S2. The molecule has 0 radical (unpaired) electrons. The number of aryl methyl sites for hydroxylation is 2. The molecule has 9 heteroatoms. The van der Waals surface area contributed by atoms with Crippen LogP contribution in [0, 0.1) is 18.3 Å². The average Bonchev–Trinajstić information content (AvgIpc) is 3.47. The van der Waals surface area contributed by atoms with Gasteiger partial charge in [-0.2, -0.15) is 5.26 Å². The molecule has 4 rings (SSSR count). The summed E-state index contributed by atoms with van der Waals surface area (Å²) in [6, 6.07) is 11.5. The topological polar surface area (TPSA) is 88.2 Å². The molecule has 1 aliphatic rings. The van der Waals surface area contributed by atoms with Crippen molar-refractivity contribution in [3.8, 4) is 6.07 Å². The minimum absolute atomic E-state index is 0.0201. The Hall–Kier alpha value is -2.67. The van der Waals surface area contributed by atoms with Crippen molar-refractivity contribution in [1.82, 2.24) is 9.55 Å². The van der Waals surface area contributed by atoms with Gasteiger partial charge in [-0.3, -0.25) is 14.2 Å². The fourth-order valence-electron chi connectivity index (χ4n) is 4.29. The number of anilines is 1. The molecular weight excluding hydrogens is 468 g/mol. The third kappa shape index (κ3) is 5.19. The molecule has 1 aliphatic heterocycles. The fourth-order valence-corrected chi connectivity index (χ4v) is 6.33. The number of carbonyl (C=O) groups is 1. The van der Waals surface area contributed by atoms with E-state index in [4.69, 9.17) is 15.0 Å². The summed E-state index contributed by atoms with van der Waals surface area (Å²) in [5.41, 5.74) is 1.75. The normalized spacial score (nSPS) is 15.5. The first-order chi connectivity index (χ1) is 16.5. The van der Waals surface area contributed by atoms with E-state index in [9.17, 15) is 9.59 Å². The molecule has 1 fully saturated rings. The third-order valence-corrected chi connectivity index (χ3v) is 7.98. The van der Waals surface area contributed by atoms with Crippen molar-refractivity contribution >= 4 is 44.9 Å². The van der Waals surface area contributed by atoms with Gasteiger partial charge in [-0.05, 0) is 43.9 Å². The summed E-state index contributed by atoms with van der Waals surface area (Å²) in [5.74, 6) is -0.00418. The zero-order valence-electron chi connectivity index (χ0n) is 19.5. The van der Waals surface area contributed by atoms with Crippen molar-refractivity contribution in [1.29, 1.82) is 5.26 Å². The maximum atomic E-state index is 13.6. The van der Waals surface area contributed by atoms with Gasteiger partial charge < -0.3 is 9.64 Å². The van der Waals surface area contributed by atoms with E-state index in [2.05, 4.69) is 13.0 Å². The smallest absolute Gasteiger partial charge is 0.263 e. The molecule has 0 spiro atoms. The van der Waals surface area contributed by atoms with Gasteiger partial charge in [0.2, 0.25) is 5.91 Å². The van der Waals surface area contributed by atoms with Crippen LogP contribution in [0.2, 0.25) is 0 Å². The van der Waals surface area contributed by atoms with Crippen molar-refractivity contribution in [2.45, 2.75) is 57.3 Å². The highest BCUT2D eigenvalue weighted by Crippen LogP contribution is 2.30. The summed E-state index contributed by atoms with van der Waals surface area (Å²) in [7, 11) is 0. The summed E-state index contributed by atoms with van der Waals surface area (Å²) >= 11 is 2.81. The van der Waals surface area contributed by atoms with Crippen LogP contribution in [-0.2, 0) is 22.5 Å². The number of benzene rings is 1. The molecule has 0 aliphatic carbocycles. The minimum atomic E-state index is -0.124. The Morgan fingerprint density at radius 1 is 1.38 bits per heavy atom. The quantitative estimate of drug-likeness (QED) is 0.319. The van der Waals surface area contributed by atoms with Crippen molar-refractivity contribution in [3.05, 3.63) is 51.1 Å². The van der Waals surface area contributed by atoms with E-state index in [1.807, 2.05) is 37.3 Å². The number of thiophene rings is 1. The van der Waals surface area contributed by atoms with E-state index in [1.165, 1.54) is 23.1 Å². The van der Waals surface area contributed by atoms with E-state index in [1.54, 1.807) is 9.47 Å².